The second-order valence-electron chi connectivity index (χ2n) is 7.41. The van der Waals surface area contributed by atoms with Crippen molar-refractivity contribution in [2.75, 3.05) is 32.8 Å². The lowest BCUT2D eigenvalue weighted by atomic mass is 9.92. The Labute approximate surface area is 146 Å². The Morgan fingerprint density at radius 3 is 2.46 bits per heavy atom. The molecule has 1 rings (SSSR count). The summed E-state index contributed by atoms with van der Waals surface area (Å²) in [5, 5.41) is 2.81. The average Bonchev–Trinajstić information content (AvgIpc) is 2.49. The molecule has 0 radical (unpaired) electrons. The van der Waals surface area contributed by atoms with Gasteiger partial charge >= 0.3 is 12.1 Å². The van der Waals surface area contributed by atoms with Gasteiger partial charge in [0.15, 0.2) is 0 Å². The first-order valence-corrected chi connectivity index (χ1v) is 9.15. The summed E-state index contributed by atoms with van der Waals surface area (Å²) in [5.41, 5.74) is -0.444. The zero-order valence-electron chi connectivity index (χ0n) is 15.7. The number of esters is 1. The number of nitrogens with zero attached hydrogens (tertiary/aromatic N) is 1. The molecule has 0 aromatic carbocycles. The molecular formula is C18H34N2O4. The fraction of sp³-hybridized carbons (Fsp3) is 0.889. The van der Waals surface area contributed by atoms with Crippen molar-refractivity contribution in [1.82, 2.24) is 10.2 Å². The number of ether oxygens (including phenoxy) is 2. The molecule has 1 amide bonds. The van der Waals surface area contributed by atoms with E-state index in [2.05, 4.69) is 10.2 Å². The number of amides is 1. The Morgan fingerprint density at radius 1 is 1.21 bits per heavy atom. The smallest absolute Gasteiger partial charge is 0.407 e. The molecule has 6 nitrogen and oxygen atoms in total. The topological polar surface area (TPSA) is 67.9 Å². The van der Waals surface area contributed by atoms with Crippen LogP contribution in [-0.4, -0.2) is 55.3 Å². The van der Waals surface area contributed by atoms with Crippen LogP contribution in [0.25, 0.3) is 0 Å². The molecule has 0 saturated carbocycles. The quantitative estimate of drug-likeness (QED) is 0.542. The van der Waals surface area contributed by atoms with E-state index >= 15 is 0 Å². The molecule has 140 valence electrons. The van der Waals surface area contributed by atoms with Crippen LogP contribution < -0.4 is 5.32 Å². The highest BCUT2D eigenvalue weighted by molar-refractivity contribution is 5.69. The summed E-state index contributed by atoms with van der Waals surface area (Å²) in [5.74, 6) is 0.608. The van der Waals surface area contributed by atoms with E-state index in [0.717, 1.165) is 45.3 Å². The van der Waals surface area contributed by atoms with Crippen LogP contribution in [0.3, 0.4) is 0 Å². The summed E-state index contributed by atoms with van der Waals surface area (Å²) in [6.07, 6.45) is 4.58. The van der Waals surface area contributed by atoms with E-state index in [1.54, 1.807) is 0 Å². The predicted octanol–water partition coefficient (Wildman–Crippen LogP) is 2.96. The predicted molar refractivity (Wildman–Crippen MR) is 93.9 cm³/mol. The van der Waals surface area contributed by atoms with Gasteiger partial charge in [0.2, 0.25) is 0 Å². The normalized spacial score (nSPS) is 16.7. The molecule has 1 heterocycles. The van der Waals surface area contributed by atoms with Gasteiger partial charge in [0.05, 0.1) is 13.0 Å². The van der Waals surface area contributed by atoms with E-state index in [1.807, 2.05) is 27.7 Å². The third-order valence-electron chi connectivity index (χ3n) is 4.10. The first-order chi connectivity index (χ1) is 11.3. The molecule has 24 heavy (non-hydrogen) atoms. The summed E-state index contributed by atoms with van der Waals surface area (Å²) < 4.78 is 10.2. The SMILES string of the molecule is CCOC(=O)CCN1CCC(CCCNC(=O)OC(C)(C)C)CC1. The van der Waals surface area contributed by atoms with Crippen LogP contribution in [0.15, 0.2) is 0 Å². The van der Waals surface area contributed by atoms with Crippen LogP contribution >= 0.6 is 0 Å². The molecule has 6 heteroatoms. The number of carbonyl (C=O) groups excluding carboxylic acids is 2. The van der Waals surface area contributed by atoms with Gasteiger partial charge in [-0.2, -0.15) is 0 Å². The number of hydrogen-bond acceptors (Lipinski definition) is 5. The van der Waals surface area contributed by atoms with Gasteiger partial charge < -0.3 is 19.7 Å². The summed E-state index contributed by atoms with van der Waals surface area (Å²) in [4.78, 5) is 25.3. The molecule has 0 aromatic rings. The molecular weight excluding hydrogens is 308 g/mol. The molecule has 1 saturated heterocycles. The molecule has 0 bridgehead atoms. The van der Waals surface area contributed by atoms with Gasteiger partial charge in [-0.3, -0.25) is 4.79 Å². The highest BCUT2D eigenvalue weighted by atomic mass is 16.6. The Hall–Kier alpha value is -1.30. The van der Waals surface area contributed by atoms with Crippen LogP contribution in [0, 0.1) is 5.92 Å². The molecule has 1 aliphatic rings. The van der Waals surface area contributed by atoms with Crippen LogP contribution in [0.2, 0.25) is 0 Å². The van der Waals surface area contributed by atoms with Crippen molar-refractivity contribution in [3.05, 3.63) is 0 Å². The summed E-state index contributed by atoms with van der Waals surface area (Å²) >= 11 is 0. The maximum atomic E-state index is 11.5. The second-order valence-corrected chi connectivity index (χ2v) is 7.41. The van der Waals surface area contributed by atoms with Crippen molar-refractivity contribution in [2.24, 2.45) is 5.92 Å². The van der Waals surface area contributed by atoms with Crippen molar-refractivity contribution >= 4 is 12.1 Å². The van der Waals surface area contributed by atoms with Gasteiger partial charge in [-0.1, -0.05) is 0 Å². The van der Waals surface area contributed by atoms with Crippen molar-refractivity contribution in [2.45, 2.75) is 65.4 Å². The number of rotatable bonds is 8. The number of piperidine rings is 1. The van der Waals surface area contributed by atoms with Crippen molar-refractivity contribution in [3.63, 3.8) is 0 Å². The number of carbonyl (C=O) groups is 2. The highest BCUT2D eigenvalue weighted by Crippen LogP contribution is 2.21. The standard InChI is InChI=1S/C18H34N2O4/c1-5-23-16(21)10-14-20-12-8-15(9-13-20)7-6-11-19-17(22)24-18(2,3)4/h15H,5-14H2,1-4H3,(H,19,22). The van der Waals surface area contributed by atoms with E-state index < -0.39 is 5.60 Å². The maximum Gasteiger partial charge on any atom is 0.407 e. The zero-order valence-corrected chi connectivity index (χ0v) is 15.7. The van der Waals surface area contributed by atoms with Gasteiger partial charge in [0, 0.05) is 13.1 Å². The molecule has 0 unspecified atom stereocenters. The minimum Gasteiger partial charge on any atom is -0.466 e. The van der Waals surface area contributed by atoms with E-state index in [9.17, 15) is 9.59 Å². The molecule has 1 N–H and O–H groups in total. The lowest BCUT2D eigenvalue weighted by Gasteiger charge is -2.31. The van der Waals surface area contributed by atoms with Crippen LogP contribution in [0.5, 0.6) is 0 Å². The average molecular weight is 342 g/mol. The number of hydrogen-bond donors (Lipinski definition) is 1. The summed E-state index contributed by atoms with van der Waals surface area (Å²) in [7, 11) is 0. The van der Waals surface area contributed by atoms with Crippen molar-refractivity contribution in [3.8, 4) is 0 Å². The van der Waals surface area contributed by atoms with E-state index in [-0.39, 0.29) is 12.1 Å². The fourth-order valence-electron chi connectivity index (χ4n) is 2.88. The molecule has 0 spiro atoms. The Bertz CT molecular complexity index is 385. The Kier molecular flexibility index (Phi) is 9.11. The highest BCUT2D eigenvalue weighted by Gasteiger charge is 2.20. The molecule has 1 fully saturated rings. The van der Waals surface area contributed by atoms with Crippen molar-refractivity contribution in [1.29, 1.82) is 0 Å². The molecule has 1 aliphatic heterocycles. The van der Waals surface area contributed by atoms with Crippen molar-refractivity contribution < 1.29 is 19.1 Å². The first kappa shape index (κ1) is 20.7. The first-order valence-electron chi connectivity index (χ1n) is 9.15. The monoisotopic (exact) mass is 342 g/mol. The Balaban J connectivity index is 2.06. The van der Waals surface area contributed by atoms with Gasteiger partial charge in [-0.15, -0.1) is 0 Å². The van der Waals surface area contributed by atoms with Crippen LogP contribution in [0.1, 0.15) is 59.8 Å². The van der Waals surface area contributed by atoms with Gasteiger partial charge in [0.1, 0.15) is 5.60 Å². The number of alkyl carbamates (subject to hydrolysis) is 1. The fourth-order valence-corrected chi connectivity index (χ4v) is 2.88. The summed E-state index contributed by atoms with van der Waals surface area (Å²) in [6.45, 7) is 11.4. The van der Waals surface area contributed by atoms with E-state index in [1.165, 1.54) is 0 Å². The summed E-state index contributed by atoms with van der Waals surface area (Å²) in [6, 6.07) is 0. The third-order valence-corrected chi connectivity index (χ3v) is 4.10. The van der Waals surface area contributed by atoms with Crippen LogP contribution in [0.4, 0.5) is 4.79 Å². The van der Waals surface area contributed by atoms with E-state index in [4.69, 9.17) is 9.47 Å². The molecule has 0 atom stereocenters. The second kappa shape index (κ2) is 10.5. The molecule has 0 aromatic heterocycles. The number of likely N-dealkylation sites (tertiary alicyclic amines) is 1. The van der Waals surface area contributed by atoms with E-state index in [0.29, 0.717) is 25.5 Å². The number of nitrogens with one attached hydrogen (secondary N) is 1. The lowest BCUT2D eigenvalue weighted by molar-refractivity contribution is -0.143. The van der Waals surface area contributed by atoms with Gasteiger partial charge in [0.25, 0.3) is 0 Å². The van der Waals surface area contributed by atoms with Crippen LogP contribution in [-0.2, 0) is 14.3 Å². The maximum absolute atomic E-state index is 11.5. The van der Waals surface area contributed by atoms with Gasteiger partial charge in [-0.25, -0.2) is 4.79 Å². The minimum absolute atomic E-state index is 0.104. The lowest BCUT2D eigenvalue weighted by Crippen LogP contribution is -2.36. The molecule has 0 aliphatic carbocycles. The third kappa shape index (κ3) is 9.75. The Morgan fingerprint density at radius 2 is 1.88 bits per heavy atom. The zero-order chi connectivity index (χ0) is 18.0. The van der Waals surface area contributed by atoms with Gasteiger partial charge in [-0.05, 0) is 72.4 Å². The minimum atomic E-state index is -0.444. The largest absolute Gasteiger partial charge is 0.466 e.